The van der Waals surface area contributed by atoms with Crippen molar-refractivity contribution in [1.82, 2.24) is 10.2 Å². The first-order chi connectivity index (χ1) is 9.35. The molecule has 20 heavy (non-hydrogen) atoms. The zero-order chi connectivity index (χ0) is 15.7. The zero-order valence-electron chi connectivity index (χ0n) is 12.3. The van der Waals surface area contributed by atoms with E-state index in [9.17, 15) is 14.4 Å². The predicted octanol–water partition coefficient (Wildman–Crippen LogP) is 1.38. The van der Waals surface area contributed by atoms with E-state index in [4.69, 9.17) is 10.2 Å². The van der Waals surface area contributed by atoms with E-state index in [1.807, 2.05) is 13.8 Å². The van der Waals surface area contributed by atoms with Crippen molar-refractivity contribution in [2.24, 2.45) is 5.92 Å². The van der Waals surface area contributed by atoms with Crippen molar-refractivity contribution >= 4 is 18.0 Å². The molecule has 0 aliphatic heterocycles. The summed E-state index contributed by atoms with van der Waals surface area (Å²) in [4.78, 5) is 35.0. The van der Waals surface area contributed by atoms with Crippen molar-refractivity contribution in [3.8, 4) is 0 Å². The van der Waals surface area contributed by atoms with Gasteiger partial charge < -0.3 is 20.4 Å². The fourth-order valence-corrected chi connectivity index (χ4v) is 1.83. The number of nitrogens with one attached hydrogen (secondary N) is 1. The van der Waals surface area contributed by atoms with Crippen LogP contribution in [0.1, 0.15) is 40.0 Å². The Labute approximate surface area is 119 Å². The highest BCUT2D eigenvalue weighted by atomic mass is 16.4. The van der Waals surface area contributed by atoms with Gasteiger partial charge in [-0.2, -0.15) is 0 Å². The number of rotatable bonds is 9. The molecule has 0 aromatic carbocycles. The molecule has 0 aromatic heterocycles. The van der Waals surface area contributed by atoms with Crippen LogP contribution in [0.3, 0.4) is 0 Å². The van der Waals surface area contributed by atoms with Crippen LogP contribution in [0.25, 0.3) is 0 Å². The molecular formula is C13H24N2O5. The van der Waals surface area contributed by atoms with E-state index >= 15 is 0 Å². The van der Waals surface area contributed by atoms with Gasteiger partial charge in [-0.15, -0.1) is 0 Å². The van der Waals surface area contributed by atoms with Gasteiger partial charge in [0.1, 0.15) is 6.04 Å². The molecule has 7 heteroatoms. The Hall–Kier alpha value is -1.79. The summed E-state index contributed by atoms with van der Waals surface area (Å²) in [5.41, 5.74) is 0. The third kappa shape index (κ3) is 6.40. The van der Waals surface area contributed by atoms with Crippen LogP contribution in [0.2, 0.25) is 0 Å². The summed E-state index contributed by atoms with van der Waals surface area (Å²) in [6.45, 7) is 6.85. The third-order valence-corrected chi connectivity index (χ3v) is 3.28. The number of carboxylic acid groups (broad SMARTS) is 2. The molecule has 0 radical (unpaired) electrons. The average Bonchev–Trinajstić information content (AvgIpc) is 2.38. The molecule has 0 saturated carbocycles. The SMILES string of the molecule is CCC(CC)CN(CC)C(=O)N[C@H](CC(=O)O)C(=O)O. The van der Waals surface area contributed by atoms with E-state index in [-0.39, 0.29) is 0 Å². The molecular weight excluding hydrogens is 264 g/mol. The maximum absolute atomic E-state index is 12.0. The van der Waals surface area contributed by atoms with Crippen LogP contribution in [0.5, 0.6) is 0 Å². The standard InChI is InChI=1S/C13H24N2O5/c1-4-9(5-2)8-15(6-3)13(20)14-10(12(18)19)7-11(16)17/h9-10H,4-8H2,1-3H3,(H,14,20)(H,16,17)(H,18,19)/t10-/m1/s1. The maximum Gasteiger partial charge on any atom is 0.326 e. The van der Waals surface area contributed by atoms with E-state index in [1.54, 1.807) is 6.92 Å². The van der Waals surface area contributed by atoms with Gasteiger partial charge in [-0.3, -0.25) is 4.79 Å². The summed E-state index contributed by atoms with van der Waals surface area (Å²) in [5, 5.41) is 19.8. The zero-order valence-corrected chi connectivity index (χ0v) is 12.3. The highest BCUT2D eigenvalue weighted by Crippen LogP contribution is 2.10. The first-order valence-electron chi connectivity index (χ1n) is 6.85. The number of aliphatic carboxylic acids is 2. The number of amides is 2. The van der Waals surface area contributed by atoms with Crippen LogP contribution in [0.4, 0.5) is 4.79 Å². The van der Waals surface area contributed by atoms with Crippen molar-refractivity contribution in [1.29, 1.82) is 0 Å². The molecule has 0 aliphatic rings. The summed E-state index contributed by atoms with van der Waals surface area (Å²) in [7, 11) is 0. The largest absolute Gasteiger partial charge is 0.481 e. The predicted molar refractivity (Wildman–Crippen MR) is 73.5 cm³/mol. The number of urea groups is 1. The Kier molecular flexibility index (Phi) is 8.35. The second-order valence-corrected chi connectivity index (χ2v) is 4.66. The van der Waals surface area contributed by atoms with Crippen LogP contribution in [-0.2, 0) is 9.59 Å². The van der Waals surface area contributed by atoms with Crippen molar-refractivity contribution < 1.29 is 24.6 Å². The van der Waals surface area contributed by atoms with E-state index in [2.05, 4.69) is 5.32 Å². The third-order valence-electron chi connectivity index (χ3n) is 3.28. The monoisotopic (exact) mass is 288 g/mol. The number of nitrogens with zero attached hydrogens (tertiary/aromatic N) is 1. The molecule has 0 spiro atoms. The van der Waals surface area contributed by atoms with Crippen LogP contribution in [-0.4, -0.2) is 52.2 Å². The van der Waals surface area contributed by atoms with Gasteiger partial charge in [0.05, 0.1) is 6.42 Å². The number of carbonyl (C=O) groups excluding carboxylic acids is 1. The number of hydrogen-bond donors (Lipinski definition) is 3. The highest BCUT2D eigenvalue weighted by Gasteiger charge is 2.25. The van der Waals surface area contributed by atoms with Crippen molar-refractivity contribution in [2.75, 3.05) is 13.1 Å². The smallest absolute Gasteiger partial charge is 0.326 e. The minimum absolute atomic E-state index is 0.350. The first-order valence-corrected chi connectivity index (χ1v) is 6.85. The molecule has 0 rings (SSSR count). The minimum atomic E-state index is -1.41. The van der Waals surface area contributed by atoms with Crippen LogP contribution < -0.4 is 5.32 Å². The molecule has 0 aliphatic carbocycles. The summed E-state index contributed by atoms with van der Waals surface area (Å²) < 4.78 is 0. The summed E-state index contributed by atoms with van der Waals surface area (Å²) in [6.07, 6.45) is 1.22. The summed E-state index contributed by atoms with van der Waals surface area (Å²) in [5.74, 6) is -2.26. The van der Waals surface area contributed by atoms with Gasteiger partial charge in [-0.25, -0.2) is 9.59 Å². The van der Waals surface area contributed by atoms with Crippen LogP contribution in [0.15, 0.2) is 0 Å². The van der Waals surface area contributed by atoms with Crippen LogP contribution >= 0.6 is 0 Å². The lowest BCUT2D eigenvalue weighted by atomic mass is 10.0. The van der Waals surface area contributed by atoms with E-state index < -0.39 is 30.4 Å². The molecule has 1 atom stereocenters. The lowest BCUT2D eigenvalue weighted by Gasteiger charge is -2.27. The molecule has 116 valence electrons. The first kappa shape index (κ1) is 18.2. The lowest BCUT2D eigenvalue weighted by Crippen LogP contribution is -2.49. The molecule has 0 saturated heterocycles. The number of carbonyl (C=O) groups is 3. The van der Waals surface area contributed by atoms with Crippen molar-refractivity contribution in [2.45, 2.75) is 46.1 Å². The Bertz CT molecular complexity index is 342. The van der Waals surface area contributed by atoms with Gasteiger partial charge in [-0.05, 0) is 12.8 Å². The molecule has 0 unspecified atom stereocenters. The van der Waals surface area contributed by atoms with E-state index in [1.165, 1.54) is 4.90 Å². The van der Waals surface area contributed by atoms with Crippen molar-refractivity contribution in [3.63, 3.8) is 0 Å². The Morgan fingerprint density at radius 1 is 1.10 bits per heavy atom. The Morgan fingerprint density at radius 2 is 1.65 bits per heavy atom. The normalized spacial score (nSPS) is 12.0. The molecule has 7 nitrogen and oxygen atoms in total. The van der Waals surface area contributed by atoms with Gasteiger partial charge in [0.2, 0.25) is 0 Å². The van der Waals surface area contributed by atoms with E-state index in [0.29, 0.717) is 19.0 Å². The fraction of sp³-hybridized carbons (Fsp3) is 0.769. The van der Waals surface area contributed by atoms with Gasteiger partial charge in [0.25, 0.3) is 0 Å². The molecule has 0 bridgehead atoms. The summed E-state index contributed by atoms with van der Waals surface area (Å²) in [6, 6.07) is -1.94. The van der Waals surface area contributed by atoms with Gasteiger partial charge in [-0.1, -0.05) is 26.7 Å². The second-order valence-electron chi connectivity index (χ2n) is 4.66. The van der Waals surface area contributed by atoms with Crippen LogP contribution in [0, 0.1) is 5.92 Å². The van der Waals surface area contributed by atoms with E-state index in [0.717, 1.165) is 12.8 Å². The Balaban J connectivity index is 4.65. The highest BCUT2D eigenvalue weighted by molar-refractivity contribution is 5.86. The molecule has 3 N–H and O–H groups in total. The summed E-state index contributed by atoms with van der Waals surface area (Å²) >= 11 is 0. The van der Waals surface area contributed by atoms with Crippen molar-refractivity contribution in [3.05, 3.63) is 0 Å². The maximum atomic E-state index is 12.0. The average molecular weight is 288 g/mol. The van der Waals surface area contributed by atoms with Gasteiger partial charge >= 0.3 is 18.0 Å². The molecule has 2 amide bonds. The number of carboxylic acids is 2. The quantitative estimate of drug-likeness (QED) is 0.594. The second kappa shape index (κ2) is 9.17. The van der Waals surface area contributed by atoms with Gasteiger partial charge in [0.15, 0.2) is 0 Å². The Morgan fingerprint density at radius 3 is 2.00 bits per heavy atom. The molecule has 0 aromatic rings. The fourth-order valence-electron chi connectivity index (χ4n) is 1.83. The molecule has 0 heterocycles. The number of hydrogen-bond acceptors (Lipinski definition) is 3. The minimum Gasteiger partial charge on any atom is -0.481 e. The van der Waals surface area contributed by atoms with Gasteiger partial charge in [0, 0.05) is 13.1 Å². The lowest BCUT2D eigenvalue weighted by molar-refractivity contribution is -0.145. The molecule has 0 fully saturated rings. The topological polar surface area (TPSA) is 107 Å².